The monoisotopic (exact) mass is 470 g/mol. The summed E-state index contributed by atoms with van der Waals surface area (Å²) in [5.74, 6) is 0.0787. The van der Waals surface area contributed by atoms with Crippen LogP contribution in [0, 0.1) is 0 Å². The van der Waals surface area contributed by atoms with Crippen LogP contribution in [0.2, 0.25) is 0 Å². The molecule has 0 radical (unpaired) electrons. The van der Waals surface area contributed by atoms with Crippen molar-refractivity contribution >= 4 is 32.0 Å². The number of esters is 1. The fraction of sp³-hybridized carbons (Fsp3) is 0.350. The summed E-state index contributed by atoms with van der Waals surface area (Å²) < 4.78 is 41.1. The van der Waals surface area contributed by atoms with E-state index in [-0.39, 0.29) is 17.9 Å². The van der Waals surface area contributed by atoms with Gasteiger partial charge in [0.05, 0.1) is 18.6 Å². The number of benzene rings is 2. The van der Waals surface area contributed by atoms with E-state index >= 15 is 0 Å². The molecule has 2 aromatic carbocycles. The third-order valence-electron chi connectivity index (χ3n) is 3.99. The second kappa shape index (κ2) is 10.6. The van der Waals surface area contributed by atoms with Crippen molar-refractivity contribution in [1.82, 2.24) is 0 Å². The van der Waals surface area contributed by atoms with Crippen molar-refractivity contribution in [1.29, 1.82) is 0 Å². The van der Waals surface area contributed by atoms with E-state index in [9.17, 15) is 13.2 Å². The topological polar surface area (TPSA) is 78.9 Å². The molecule has 0 N–H and O–H groups in total. The van der Waals surface area contributed by atoms with Crippen LogP contribution in [0.3, 0.4) is 0 Å². The summed E-state index contributed by atoms with van der Waals surface area (Å²) in [7, 11) is -2.48. The maximum absolute atomic E-state index is 12.5. The lowest BCUT2D eigenvalue weighted by Crippen LogP contribution is -2.29. The fourth-order valence-corrected chi connectivity index (χ4v) is 3.86. The summed E-state index contributed by atoms with van der Waals surface area (Å²) in [4.78, 5) is 12.2. The lowest BCUT2D eigenvalue weighted by molar-refractivity contribution is -0.151. The Bertz CT molecular complexity index is 863. The Hall–Kier alpha value is -1.90. The first-order chi connectivity index (χ1) is 13.4. The minimum Gasteiger partial charge on any atom is -0.497 e. The van der Waals surface area contributed by atoms with Crippen LogP contribution in [0.4, 0.5) is 0 Å². The first-order valence-corrected chi connectivity index (χ1v) is 11.0. The zero-order valence-electron chi connectivity index (χ0n) is 15.8. The van der Waals surface area contributed by atoms with Crippen molar-refractivity contribution in [2.75, 3.05) is 13.7 Å². The van der Waals surface area contributed by atoms with Gasteiger partial charge in [-0.25, -0.2) is 4.79 Å². The molecule has 0 aromatic heterocycles. The van der Waals surface area contributed by atoms with Gasteiger partial charge in [-0.2, -0.15) is 8.42 Å². The zero-order valence-corrected chi connectivity index (χ0v) is 18.2. The van der Waals surface area contributed by atoms with Gasteiger partial charge in [-0.3, -0.25) is 4.18 Å². The largest absolute Gasteiger partial charge is 0.497 e. The average molecular weight is 471 g/mol. The third kappa shape index (κ3) is 6.61. The predicted molar refractivity (Wildman–Crippen MR) is 109 cm³/mol. The zero-order chi connectivity index (χ0) is 20.6. The average Bonchev–Trinajstić information content (AvgIpc) is 2.68. The van der Waals surface area contributed by atoms with Crippen LogP contribution in [0.25, 0.3) is 0 Å². The number of hydrogen-bond donors (Lipinski definition) is 0. The van der Waals surface area contributed by atoms with E-state index < -0.39 is 22.2 Å². The highest BCUT2D eigenvalue weighted by Crippen LogP contribution is 2.21. The number of carbonyl (C=O) groups is 1. The molecule has 2 aromatic rings. The molecule has 0 bridgehead atoms. The van der Waals surface area contributed by atoms with Gasteiger partial charge in [0.25, 0.3) is 10.1 Å². The smallest absolute Gasteiger partial charge is 0.336 e. The third-order valence-corrected chi connectivity index (χ3v) is 5.85. The van der Waals surface area contributed by atoms with Crippen LogP contribution in [0.5, 0.6) is 5.75 Å². The van der Waals surface area contributed by atoms with Crippen LogP contribution < -0.4 is 4.74 Å². The first-order valence-electron chi connectivity index (χ1n) is 8.84. The Labute approximate surface area is 174 Å². The number of methoxy groups -OCH3 is 1. The first kappa shape index (κ1) is 22.4. The highest BCUT2D eigenvalue weighted by molar-refractivity contribution is 9.10. The molecule has 28 heavy (non-hydrogen) atoms. The SMILES string of the molecule is CCOC(=O)[C@@H](CCCc1ccc(OC)cc1)OS(=O)(=O)c1ccc(Br)cc1. The molecule has 8 heteroatoms. The summed E-state index contributed by atoms with van der Waals surface area (Å²) in [5.41, 5.74) is 1.05. The molecule has 0 aliphatic heterocycles. The number of ether oxygens (including phenoxy) is 2. The molecule has 0 fully saturated rings. The van der Waals surface area contributed by atoms with Gasteiger partial charge in [0, 0.05) is 4.47 Å². The fourth-order valence-electron chi connectivity index (χ4n) is 2.53. The van der Waals surface area contributed by atoms with Crippen LogP contribution in [-0.4, -0.2) is 34.2 Å². The van der Waals surface area contributed by atoms with Crippen LogP contribution in [0.1, 0.15) is 25.3 Å². The molecule has 0 unspecified atom stereocenters. The van der Waals surface area contributed by atoms with Gasteiger partial charge < -0.3 is 9.47 Å². The van der Waals surface area contributed by atoms with Gasteiger partial charge in [-0.15, -0.1) is 0 Å². The molecule has 0 spiro atoms. The molecule has 0 saturated carbocycles. The molecule has 0 aliphatic rings. The molecule has 152 valence electrons. The summed E-state index contributed by atoms with van der Waals surface area (Å²) in [6, 6.07) is 13.6. The van der Waals surface area contributed by atoms with E-state index in [0.717, 1.165) is 15.8 Å². The summed E-state index contributed by atoms with van der Waals surface area (Å²) in [6.07, 6.45) is 0.264. The lowest BCUT2D eigenvalue weighted by Gasteiger charge is -2.16. The maximum atomic E-state index is 12.5. The van der Waals surface area contributed by atoms with Gasteiger partial charge in [0.1, 0.15) is 5.75 Å². The highest BCUT2D eigenvalue weighted by atomic mass is 79.9. The molecule has 1 atom stereocenters. The van der Waals surface area contributed by atoms with E-state index in [2.05, 4.69) is 15.9 Å². The second-order valence-corrected chi connectivity index (χ2v) is 8.47. The van der Waals surface area contributed by atoms with Gasteiger partial charge in [0.2, 0.25) is 0 Å². The van der Waals surface area contributed by atoms with E-state index in [4.69, 9.17) is 13.7 Å². The van der Waals surface area contributed by atoms with Crippen LogP contribution in [-0.2, 0) is 30.3 Å². The van der Waals surface area contributed by atoms with Crippen molar-refractivity contribution in [3.05, 3.63) is 58.6 Å². The molecule has 6 nitrogen and oxygen atoms in total. The normalized spacial score (nSPS) is 12.4. The number of halogens is 1. The Balaban J connectivity index is 2.04. The Kier molecular flexibility index (Phi) is 8.47. The van der Waals surface area contributed by atoms with Gasteiger partial charge in [-0.1, -0.05) is 28.1 Å². The van der Waals surface area contributed by atoms with Crippen molar-refractivity contribution in [2.24, 2.45) is 0 Å². The quantitative estimate of drug-likeness (QED) is 0.383. The van der Waals surface area contributed by atoms with Crippen molar-refractivity contribution < 1.29 is 26.9 Å². The van der Waals surface area contributed by atoms with Gasteiger partial charge in [-0.05, 0) is 68.1 Å². The minimum absolute atomic E-state index is 0.0137. The highest BCUT2D eigenvalue weighted by Gasteiger charge is 2.28. The number of hydrogen-bond acceptors (Lipinski definition) is 6. The van der Waals surface area contributed by atoms with Crippen LogP contribution in [0.15, 0.2) is 57.9 Å². The van der Waals surface area contributed by atoms with Gasteiger partial charge >= 0.3 is 5.97 Å². The lowest BCUT2D eigenvalue weighted by atomic mass is 10.1. The minimum atomic E-state index is -4.08. The molecular formula is C20H23BrO6S. The molecule has 0 amide bonds. The Morgan fingerprint density at radius 1 is 1.07 bits per heavy atom. The summed E-state index contributed by atoms with van der Waals surface area (Å²) in [6.45, 7) is 1.81. The molecule has 0 aliphatic carbocycles. The van der Waals surface area contributed by atoms with E-state index in [1.54, 1.807) is 26.2 Å². The molecular weight excluding hydrogens is 448 g/mol. The molecule has 2 rings (SSSR count). The number of aryl methyl sites for hydroxylation is 1. The standard InChI is InChI=1S/C20H23BrO6S/c1-3-26-20(22)19(6-4-5-15-7-11-17(25-2)12-8-15)27-28(23,24)18-13-9-16(21)10-14-18/h7-14,19H,3-6H2,1-2H3/t19-/m1/s1. The Morgan fingerprint density at radius 2 is 1.71 bits per heavy atom. The molecule has 0 heterocycles. The van der Waals surface area contributed by atoms with Gasteiger partial charge in [0.15, 0.2) is 6.10 Å². The maximum Gasteiger partial charge on any atom is 0.336 e. The molecule has 0 saturated heterocycles. The van der Waals surface area contributed by atoms with E-state index in [1.165, 1.54) is 12.1 Å². The summed E-state index contributed by atoms with van der Waals surface area (Å²) >= 11 is 3.25. The number of carbonyl (C=O) groups excluding carboxylic acids is 1. The van der Waals surface area contributed by atoms with Crippen molar-refractivity contribution in [3.8, 4) is 5.75 Å². The van der Waals surface area contributed by atoms with Crippen molar-refractivity contribution in [2.45, 2.75) is 37.2 Å². The van der Waals surface area contributed by atoms with Crippen molar-refractivity contribution in [3.63, 3.8) is 0 Å². The second-order valence-electron chi connectivity index (χ2n) is 5.99. The Morgan fingerprint density at radius 3 is 2.29 bits per heavy atom. The van der Waals surface area contributed by atoms with E-state index in [1.807, 2.05) is 24.3 Å². The van der Waals surface area contributed by atoms with E-state index in [0.29, 0.717) is 12.8 Å². The predicted octanol–water partition coefficient (Wildman–Crippen LogP) is 4.12. The van der Waals surface area contributed by atoms with Crippen LogP contribution >= 0.6 is 15.9 Å². The summed E-state index contributed by atoms with van der Waals surface area (Å²) in [5, 5.41) is 0. The number of rotatable bonds is 10.